The van der Waals surface area contributed by atoms with Gasteiger partial charge in [0.05, 0.1) is 13.0 Å². The first kappa shape index (κ1) is 12.6. The number of carbonyl (C=O) groups is 1. The number of methoxy groups -OCH3 is 1. The van der Waals surface area contributed by atoms with Crippen LogP contribution in [0.2, 0.25) is 0 Å². The lowest BCUT2D eigenvalue weighted by atomic mass is 9.89. The van der Waals surface area contributed by atoms with Crippen molar-refractivity contribution in [1.29, 1.82) is 0 Å². The van der Waals surface area contributed by atoms with Gasteiger partial charge < -0.3 is 10.1 Å². The quantitative estimate of drug-likeness (QED) is 0.853. The zero-order chi connectivity index (χ0) is 12.3. The summed E-state index contributed by atoms with van der Waals surface area (Å²) in [6.07, 6.45) is 1.66. The fourth-order valence-electron chi connectivity index (χ4n) is 2.29. The Labute approximate surface area is 110 Å². The van der Waals surface area contributed by atoms with Crippen molar-refractivity contribution in [3.63, 3.8) is 0 Å². The summed E-state index contributed by atoms with van der Waals surface area (Å²) < 4.78 is 5.91. The molecule has 17 heavy (non-hydrogen) atoms. The molecule has 0 radical (unpaired) electrons. The van der Waals surface area contributed by atoms with Crippen LogP contribution in [0.25, 0.3) is 0 Å². The van der Waals surface area contributed by atoms with Crippen molar-refractivity contribution < 1.29 is 9.53 Å². The standard InChI is InChI=1S/C13H16BrNO2/c1-17-13(16)9-6-7-15-12(8-9)10-4-2-3-5-11(10)14/h2-5,9,12,15H,6-8H2,1H3. The molecule has 0 aromatic heterocycles. The van der Waals surface area contributed by atoms with Crippen LogP contribution in [0, 0.1) is 5.92 Å². The lowest BCUT2D eigenvalue weighted by Gasteiger charge is -2.29. The highest BCUT2D eigenvalue weighted by atomic mass is 79.9. The van der Waals surface area contributed by atoms with Gasteiger partial charge in [-0.1, -0.05) is 34.1 Å². The molecule has 3 nitrogen and oxygen atoms in total. The summed E-state index contributed by atoms with van der Waals surface area (Å²) >= 11 is 3.55. The molecule has 0 saturated carbocycles. The molecule has 1 saturated heterocycles. The first-order valence-electron chi connectivity index (χ1n) is 5.78. The molecular formula is C13H16BrNO2. The Kier molecular flexibility index (Phi) is 4.18. The maximum atomic E-state index is 11.6. The minimum atomic E-state index is -0.0939. The number of hydrogen-bond acceptors (Lipinski definition) is 3. The van der Waals surface area contributed by atoms with Gasteiger partial charge in [0.2, 0.25) is 0 Å². The number of halogens is 1. The number of hydrogen-bond donors (Lipinski definition) is 1. The van der Waals surface area contributed by atoms with E-state index in [0.717, 1.165) is 23.9 Å². The van der Waals surface area contributed by atoms with Crippen molar-refractivity contribution in [2.45, 2.75) is 18.9 Å². The van der Waals surface area contributed by atoms with Gasteiger partial charge in [0.1, 0.15) is 0 Å². The molecule has 2 rings (SSSR count). The molecule has 1 aromatic rings. The molecule has 4 heteroatoms. The Morgan fingerprint density at radius 1 is 1.47 bits per heavy atom. The van der Waals surface area contributed by atoms with Gasteiger partial charge in [-0.25, -0.2) is 0 Å². The second kappa shape index (κ2) is 5.65. The second-order valence-corrected chi connectivity index (χ2v) is 5.13. The van der Waals surface area contributed by atoms with E-state index in [1.165, 1.54) is 12.7 Å². The topological polar surface area (TPSA) is 38.3 Å². The van der Waals surface area contributed by atoms with Crippen LogP contribution < -0.4 is 5.32 Å². The summed E-state index contributed by atoms with van der Waals surface area (Å²) in [4.78, 5) is 11.6. The van der Waals surface area contributed by atoms with Crippen molar-refractivity contribution in [3.05, 3.63) is 34.3 Å². The second-order valence-electron chi connectivity index (χ2n) is 4.27. The minimum absolute atomic E-state index is 0.0124. The van der Waals surface area contributed by atoms with Crippen molar-refractivity contribution in [2.24, 2.45) is 5.92 Å². The van der Waals surface area contributed by atoms with Crippen LogP contribution >= 0.6 is 15.9 Å². The molecule has 1 aliphatic heterocycles. The largest absolute Gasteiger partial charge is 0.469 e. The summed E-state index contributed by atoms with van der Waals surface area (Å²) in [7, 11) is 1.46. The molecule has 2 atom stereocenters. The monoisotopic (exact) mass is 297 g/mol. The molecule has 0 bridgehead atoms. The highest BCUT2D eigenvalue weighted by Gasteiger charge is 2.29. The third-order valence-corrected chi connectivity index (χ3v) is 3.94. The average molecular weight is 298 g/mol. The van der Waals surface area contributed by atoms with Crippen LogP contribution in [0.3, 0.4) is 0 Å². The fourth-order valence-corrected chi connectivity index (χ4v) is 2.85. The minimum Gasteiger partial charge on any atom is -0.469 e. The van der Waals surface area contributed by atoms with Crippen LogP contribution in [-0.2, 0) is 9.53 Å². The van der Waals surface area contributed by atoms with Gasteiger partial charge >= 0.3 is 5.97 Å². The molecule has 0 aliphatic carbocycles. The van der Waals surface area contributed by atoms with Crippen molar-refractivity contribution in [3.8, 4) is 0 Å². The summed E-state index contributed by atoms with van der Waals surface area (Å²) in [5, 5.41) is 3.45. The Hall–Kier alpha value is -0.870. The van der Waals surface area contributed by atoms with E-state index < -0.39 is 0 Å². The average Bonchev–Trinajstić information content (AvgIpc) is 2.38. The summed E-state index contributed by atoms with van der Waals surface area (Å²) in [6, 6.07) is 8.35. The smallest absolute Gasteiger partial charge is 0.308 e. The molecule has 0 amide bonds. The predicted octanol–water partition coefficient (Wildman–Crippen LogP) is 2.66. The molecular weight excluding hydrogens is 282 g/mol. The van der Waals surface area contributed by atoms with Gasteiger partial charge in [0.15, 0.2) is 0 Å². The molecule has 1 fully saturated rings. The predicted molar refractivity (Wildman–Crippen MR) is 69.6 cm³/mol. The third-order valence-electron chi connectivity index (χ3n) is 3.22. The van der Waals surface area contributed by atoms with Gasteiger partial charge in [-0.15, -0.1) is 0 Å². The van der Waals surface area contributed by atoms with E-state index in [1.807, 2.05) is 18.2 Å². The third kappa shape index (κ3) is 2.87. The van der Waals surface area contributed by atoms with Crippen molar-refractivity contribution in [2.75, 3.05) is 13.7 Å². The lowest BCUT2D eigenvalue weighted by Crippen LogP contribution is -2.35. The zero-order valence-electron chi connectivity index (χ0n) is 9.78. The number of piperidine rings is 1. The maximum Gasteiger partial charge on any atom is 0.308 e. The lowest BCUT2D eigenvalue weighted by molar-refractivity contribution is -0.146. The van der Waals surface area contributed by atoms with Crippen LogP contribution in [-0.4, -0.2) is 19.6 Å². The Morgan fingerprint density at radius 3 is 2.94 bits per heavy atom. The van der Waals surface area contributed by atoms with Gasteiger partial charge in [-0.05, 0) is 31.0 Å². The van der Waals surface area contributed by atoms with E-state index in [9.17, 15) is 4.79 Å². The Balaban J connectivity index is 2.12. The number of carbonyl (C=O) groups excluding carboxylic acids is 1. The van der Waals surface area contributed by atoms with E-state index in [1.54, 1.807) is 0 Å². The Morgan fingerprint density at radius 2 is 2.24 bits per heavy atom. The highest BCUT2D eigenvalue weighted by molar-refractivity contribution is 9.10. The van der Waals surface area contributed by atoms with Crippen LogP contribution in [0.5, 0.6) is 0 Å². The normalized spacial score (nSPS) is 24.4. The molecule has 2 unspecified atom stereocenters. The SMILES string of the molecule is COC(=O)C1CCNC(c2ccccc2Br)C1. The van der Waals surface area contributed by atoms with Gasteiger partial charge in [-0.2, -0.15) is 0 Å². The molecule has 1 heterocycles. The summed E-state index contributed by atoms with van der Waals surface area (Å²) in [5.41, 5.74) is 1.21. The number of benzene rings is 1. The van der Waals surface area contributed by atoms with Gasteiger partial charge in [0.25, 0.3) is 0 Å². The van der Waals surface area contributed by atoms with Gasteiger partial charge in [0, 0.05) is 10.5 Å². The van der Waals surface area contributed by atoms with Crippen LogP contribution in [0.15, 0.2) is 28.7 Å². The number of nitrogens with one attached hydrogen (secondary N) is 1. The Bertz CT molecular complexity index is 408. The zero-order valence-corrected chi connectivity index (χ0v) is 11.4. The van der Waals surface area contributed by atoms with Crippen molar-refractivity contribution >= 4 is 21.9 Å². The molecule has 0 spiro atoms. The summed E-state index contributed by atoms with van der Waals surface area (Å²) in [5.74, 6) is -0.0816. The van der Waals surface area contributed by atoms with Crippen LogP contribution in [0.1, 0.15) is 24.4 Å². The highest BCUT2D eigenvalue weighted by Crippen LogP contribution is 2.31. The van der Waals surface area contributed by atoms with Gasteiger partial charge in [-0.3, -0.25) is 4.79 Å². The fraction of sp³-hybridized carbons (Fsp3) is 0.462. The summed E-state index contributed by atoms with van der Waals surface area (Å²) in [6.45, 7) is 0.853. The first-order valence-corrected chi connectivity index (χ1v) is 6.57. The molecule has 1 N–H and O–H groups in total. The van der Waals surface area contributed by atoms with E-state index in [4.69, 9.17) is 4.74 Å². The molecule has 1 aromatic carbocycles. The number of rotatable bonds is 2. The van der Waals surface area contributed by atoms with Crippen LogP contribution in [0.4, 0.5) is 0 Å². The first-order chi connectivity index (χ1) is 8.22. The maximum absolute atomic E-state index is 11.6. The molecule has 1 aliphatic rings. The van der Waals surface area contributed by atoms with E-state index >= 15 is 0 Å². The van der Waals surface area contributed by atoms with Crippen molar-refractivity contribution in [1.82, 2.24) is 5.32 Å². The van der Waals surface area contributed by atoms with E-state index in [0.29, 0.717) is 0 Å². The number of esters is 1. The molecule has 92 valence electrons. The van der Waals surface area contributed by atoms with E-state index in [-0.39, 0.29) is 17.9 Å². The number of ether oxygens (including phenoxy) is 1. The van der Waals surface area contributed by atoms with E-state index in [2.05, 4.69) is 27.3 Å².